The van der Waals surface area contributed by atoms with Crippen LogP contribution in [0.1, 0.15) is 67.0 Å². The van der Waals surface area contributed by atoms with Crippen LogP contribution < -0.4 is 4.90 Å². The Morgan fingerprint density at radius 1 is 0.740 bits per heavy atom. The SMILES string of the molecule is C.CC(S(=O)(=O)C(F)(F)F)S(=O)(=O)C(F)(F)F.CCN1/C(=C/C=C/C=C/C=C/C2=[N+](CC)c3ccccc3C2(C)C)C(C)(C)c2ccccc21. The van der Waals surface area contributed by atoms with Crippen molar-refractivity contribution in [2.24, 2.45) is 0 Å². The van der Waals surface area contributed by atoms with E-state index in [0.717, 1.165) is 13.1 Å². The van der Waals surface area contributed by atoms with Crippen LogP contribution in [0.2, 0.25) is 0 Å². The molecule has 0 aliphatic carbocycles. The van der Waals surface area contributed by atoms with Crippen molar-refractivity contribution in [3.8, 4) is 0 Å². The Morgan fingerprint density at radius 2 is 1.22 bits per heavy atom. The third-order valence-corrected chi connectivity index (χ3v) is 13.3. The fourth-order valence-corrected chi connectivity index (χ4v) is 8.73. The minimum absolute atomic E-state index is 0. The fraction of sp³-hybridized carbons (Fsp3) is 0.417. The summed E-state index contributed by atoms with van der Waals surface area (Å²) in [6.07, 6.45) is 15.2. The summed E-state index contributed by atoms with van der Waals surface area (Å²) in [5.74, 6) is 0. The van der Waals surface area contributed by atoms with Crippen molar-refractivity contribution in [1.82, 2.24) is 0 Å². The van der Waals surface area contributed by atoms with E-state index in [-0.39, 0.29) is 25.2 Å². The molecule has 2 aromatic carbocycles. The molecule has 0 saturated carbocycles. The van der Waals surface area contributed by atoms with Crippen LogP contribution in [-0.2, 0) is 30.5 Å². The average molecular weight is 748 g/mol. The van der Waals surface area contributed by atoms with Crippen LogP contribution in [-0.4, -0.2) is 55.8 Å². The number of likely N-dealkylation sites (N-methyl/N-ethyl adjacent to an activating group) is 1. The van der Waals surface area contributed by atoms with E-state index in [9.17, 15) is 43.2 Å². The third kappa shape index (κ3) is 7.96. The molecule has 4 rings (SSSR count). The summed E-state index contributed by atoms with van der Waals surface area (Å²) in [4.78, 5) is 2.43. The third-order valence-electron chi connectivity index (χ3n) is 8.70. The summed E-state index contributed by atoms with van der Waals surface area (Å²) in [7, 11) is -12.9. The van der Waals surface area contributed by atoms with Crippen molar-refractivity contribution in [3.05, 3.63) is 108 Å². The Bertz CT molecular complexity index is 1870. The molecule has 0 amide bonds. The first-order valence-electron chi connectivity index (χ1n) is 15.4. The Hall–Kier alpha value is -3.65. The van der Waals surface area contributed by atoms with Crippen molar-refractivity contribution in [2.75, 3.05) is 18.0 Å². The van der Waals surface area contributed by atoms with Gasteiger partial charge in [0, 0.05) is 41.1 Å². The lowest BCUT2D eigenvalue weighted by molar-refractivity contribution is -0.433. The first kappa shape index (κ1) is 42.5. The summed E-state index contributed by atoms with van der Waals surface area (Å²) in [5.41, 5.74) is -3.91. The van der Waals surface area contributed by atoms with Gasteiger partial charge in [-0.25, -0.2) is 16.8 Å². The Morgan fingerprint density at radius 3 is 1.74 bits per heavy atom. The number of sulfone groups is 2. The summed E-state index contributed by atoms with van der Waals surface area (Å²) in [6, 6.07) is 17.5. The highest BCUT2D eigenvalue weighted by atomic mass is 32.3. The molecule has 6 nitrogen and oxygen atoms in total. The zero-order valence-corrected chi connectivity index (χ0v) is 29.9. The standard InChI is InChI=1S/C31H37N2.C4H4F6O4S2.CH4/c1-7-32-26-20-16-14-18-24(26)30(3,4)28(32)22-12-10-9-11-13-23-29-31(5,6)25-19-15-17-21-27(25)33(29)8-2;1-2(15(11,12)3(5,6)7)16(13,14)4(8,9)10;/h9-23H,7-8H2,1-6H3;2H,1H3;1H4/q+1;;. The highest BCUT2D eigenvalue weighted by Crippen LogP contribution is 2.47. The van der Waals surface area contributed by atoms with Gasteiger partial charge in [0.1, 0.15) is 6.54 Å². The Labute approximate surface area is 292 Å². The van der Waals surface area contributed by atoms with Crippen LogP contribution in [0.3, 0.4) is 0 Å². The molecule has 0 saturated heterocycles. The predicted octanol–water partition coefficient (Wildman–Crippen LogP) is 9.29. The average Bonchev–Trinajstić information content (AvgIpc) is 3.37. The summed E-state index contributed by atoms with van der Waals surface area (Å²) < 4.78 is 111. The number of benzene rings is 2. The maximum Gasteiger partial charge on any atom is 0.498 e. The number of rotatable bonds is 8. The van der Waals surface area contributed by atoms with E-state index in [1.54, 1.807) is 0 Å². The zero-order valence-electron chi connectivity index (χ0n) is 28.3. The molecule has 0 unspecified atom stereocenters. The monoisotopic (exact) mass is 747 g/mol. The van der Waals surface area contributed by atoms with Crippen LogP contribution in [0.4, 0.5) is 37.7 Å². The number of para-hydroxylation sites is 2. The van der Waals surface area contributed by atoms with Gasteiger partial charge < -0.3 is 4.90 Å². The first-order chi connectivity index (χ1) is 22.5. The minimum Gasteiger partial charge on any atom is -0.344 e. The molecule has 0 aromatic heterocycles. The van der Waals surface area contributed by atoms with Crippen LogP contribution in [0.15, 0.2) is 96.8 Å². The molecule has 2 aliphatic rings. The maximum atomic E-state index is 11.8. The molecular formula is C36H45F6N2O4S2+. The fourth-order valence-electron chi connectivity index (χ4n) is 5.99. The number of hydrogen-bond acceptors (Lipinski definition) is 5. The summed E-state index contributed by atoms with van der Waals surface area (Å²) in [6.45, 7) is 15.5. The van der Waals surface area contributed by atoms with Gasteiger partial charge in [0.15, 0.2) is 10.3 Å². The van der Waals surface area contributed by atoms with Crippen molar-refractivity contribution >= 4 is 36.8 Å². The van der Waals surface area contributed by atoms with E-state index in [1.807, 2.05) is 0 Å². The lowest BCUT2D eigenvalue weighted by Gasteiger charge is -2.25. The highest BCUT2D eigenvalue weighted by molar-refractivity contribution is 8.09. The summed E-state index contributed by atoms with van der Waals surface area (Å²) >= 11 is 0. The van der Waals surface area contributed by atoms with Crippen LogP contribution in [0.5, 0.6) is 0 Å². The van der Waals surface area contributed by atoms with Gasteiger partial charge in [-0.3, -0.25) is 0 Å². The molecule has 0 bridgehead atoms. The van der Waals surface area contributed by atoms with E-state index < -0.39 is 35.3 Å². The van der Waals surface area contributed by atoms with Gasteiger partial charge in [0.25, 0.3) is 19.7 Å². The first-order valence-corrected chi connectivity index (χ1v) is 18.5. The lowest BCUT2D eigenvalue weighted by Crippen LogP contribution is -2.43. The smallest absolute Gasteiger partial charge is 0.344 e. The van der Waals surface area contributed by atoms with Gasteiger partial charge >= 0.3 is 11.0 Å². The largest absolute Gasteiger partial charge is 0.498 e. The number of alkyl halides is 6. The van der Waals surface area contributed by atoms with Gasteiger partial charge in [-0.2, -0.15) is 30.9 Å². The molecule has 0 fully saturated rings. The zero-order chi connectivity index (χ0) is 37.2. The normalized spacial score (nSPS) is 18.2. The number of nitrogens with zero attached hydrogens (tertiary/aromatic N) is 2. The second-order valence-corrected chi connectivity index (χ2v) is 17.2. The van der Waals surface area contributed by atoms with Crippen molar-refractivity contribution < 1.29 is 47.8 Å². The molecule has 2 aliphatic heterocycles. The lowest BCUT2D eigenvalue weighted by atomic mass is 9.81. The number of halogens is 6. The van der Waals surface area contributed by atoms with Crippen LogP contribution in [0, 0.1) is 0 Å². The van der Waals surface area contributed by atoms with Crippen molar-refractivity contribution in [3.63, 3.8) is 0 Å². The van der Waals surface area contributed by atoms with Gasteiger partial charge in [-0.05, 0) is 52.3 Å². The number of allylic oxidation sites excluding steroid dienone is 8. The highest BCUT2D eigenvalue weighted by Gasteiger charge is 2.61. The molecule has 2 heterocycles. The van der Waals surface area contributed by atoms with Gasteiger partial charge in [-0.1, -0.05) is 88.1 Å². The van der Waals surface area contributed by atoms with Gasteiger partial charge in [0.05, 0.1) is 5.41 Å². The van der Waals surface area contributed by atoms with Gasteiger partial charge in [0.2, 0.25) is 5.69 Å². The molecule has 2 aromatic rings. The van der Waals surface area contributed by atoms with E-state index in [1.165, 1.54) is 33.9 Å². The molecule has 0 atom stereocenters. The van der Waals surface area contributed by atoms with Crippen molar-refractivity contribution in [2.45, 2.75) is 82.3 Å². The van der Waals surface area contributed by atoms with Crippen molar-refractivity contribution in [1.29, 1.82) is 0 Å². The second-order valence-electron chi connectivity index (χ2n) is 12.4. The van der Waals surface area contributed by atoms with E-state index in [4.69, 9.17) is 0 Å². The number of anilines is 1. The molecule has 0 radical (unpaired) electrons. The molecule has 14 heteroatoms. The van der Waals surface area contributed by atoms with E-state index in [0.29, 0.717) is 0 Å². The molecule has 0 spiro atoms. The van der Waals surface area contributed by atoms with Crippen LogP contribution >= 0.6 is 0 Å². The summed E-state index contributed by atoms with van der Waals surface area (Å²) in [5, 5.41) is 0. The number of hydrogen-bond donors (Lipinski definition) is 0. The predicted molar refractivity (Wildman–Crippen MR) is 189 cm³/mol. The quantitative estimate of drug-likeness (QED) is 0.153. The molecule has 276 valence electrons. The van der Waals surface area contributed by atoms with E-state index >= 15 is 0 Å². The molecule has 0 N–H and O–H groups in total. The minimum atomic E-state index is -6.43. The van der Waals surface area contributed by atoms with Crippen LogP contribution in [0.25, 0.3) is 0 Å². The Kier molecular flexibility index (Phi) is 13.0. The maximum absolute atomic E-state index is 11.8. The topological polar surface area (TPSA) is 74.5 Å². The van der Waals surface area contributed by atoms with Gasteiger partial charge in [-0.15, -0.1) is 0 Å². The molecule has 50 heavy (non-hydrogen) atoms. The molecular weight excluding hydrogens is 703 g/mol. The van der Waals surface area contributed by atoms with E-state index in [2.05, 4.69) is 142 Å². The Balaban J connectivity index is 0.000000435. The number of fused-ring (bicyclic) bond motifs is 2. The second kappa shape index (κ2) is 15.3.